The van der Waals surface area contributed by atoms with E-state index in [0.717, 1.165) is 0 Å². The van der Waals surface area contributed by atoms with Crippen LogP contribution in [0.3, 0.4) is 0 Å². The van der Waals surface area contributed by atoms with Gasteiger partial charge in [-0.1, -0.05) is 0 Å². The van der Waals surface area contributed by atoms with Gasteiger partial charge < -0.3 is 9.47 Å². The molecule has 0 radical (unpaired) electrons. The summed E-state index contributed by atoms with van der Waals surface area (Å²) in [5.74, 6) is -0.956. The largest absolute Gasteiger partial charge is 0.466 e. The summed E-state index contributed by atoms with van der Waals surface area (Å²) < 4.78 is 9.26. The van der Waals surface area contributed by atoms with Crippen molar-refractivity contribution in [2.45, 2.75) is 33.8 Å². The van der Waals surface area contributed by atoms with Crippen LogP contribution in [0.15, 0.2) is 0 Å². The highest BCUT2D eigenvalue weighted by Crippen LogP contribution is 2.16. The predicted octanol–water partition coefficient (Wildman–Crippen LogP) is 1.14. The zero-order valence-corrected chi connectivity index (χ0v) is 8.71. The molecule has 0 N–H and O–H groups in total. The van der Waals surface area contributed by atoms with Crippen LogP contribution in [0.5, 0.6) is 0 Å². The van der Waals surface area contributed by atoms with Gasteiger partial charge in [-0.15, -0.1) is 0 Å². The maximum atomic E-state index is 11.3. The van der Waals surface area contributed by atoms with Gasteiger partial charge in [-0.3, -0.25) is 4.79 Å². The Morgan fingerprint density at radius 1 is 1.23 bits per heavy atom. The zero-order chi connectivity index (χ0) is 10.6. The number of hydrogen-bond acceptors (Lipinski definition) is 4. The molecule has 4 nitrogen and oxygen atoms in total. The van der Waals surface area contributed by atoms with E-state index in [1.165, 1.54) is 14.0 Å². The molecule has 0 fully saturated rings. The molecule has 1 atom stereocenters. The summed E-state index contributed by atoms with van der Waals surface area (Å²) in [5.41, 5.74) is -0.595. The molecule has 0 saturated carbocycles. The van der Waals surface area contributed by atoms with Crippen molar-refractivity contribution >= 4 is 11.9 Å². The number of ether oxygens (including phenoxy) is 2. The Balaban J connectivity index is 4.15. The molecule has 0 amide bonds. The molecule has 13 heavy (non-hydrogen) atoms. The standard InChI is InChI=1S/C9H16O4/c1-6(7(10)12-5)13-8(11)9(2,3)4/h6H,1-5H3. The maximum absolute atomic E-state index is 11.3. The van der Waals surface area contributed by atoms with Gasteiger partial charge in [0, 0.05) is 0 Å². The monoisotopic (exact) mass is 188 g/mol. The maximum Gasteiger partial charge on any atom is 0.346 e. The lowest BCUT2D eigenvalue weighted by atomic mass is 9.97. The van der Waals surface area contributed by atoms with E-state index in [0.29, 0.717) is 0 Å². The number of carbonyl (C=O) groups is 2. The summed E-state index contributed by atoms with van der Waals surface area (Å²) in [4.78, 5) is 22.1. The molecule has 4 heteroatoms. The fraction of sp³-hybridized carbons (Fsp3) is 0.778. The molecule has 0 aromatic rings. The van der Waals surface area contributed by atoms with Crippen molar-refractivity contribution in [3.05, 3.63) is 0 Å². The first-order chi connectivity index (χ1) is 5.79. The summed E-state index contributed by atoms with van der Waals surface area (Å²) in [7, 11) is 1.25. The first-order valence-electron chi connectivity index (χ1n) is 4.08. The number of methoxy groups -OCH3 is 1. The van der Waals surface area contributed by atoms with Crippen LogP contribution in [0.4, 0.5) is 0 Å². The quantitative estimate of drug-likeness (QED) is 0.610. The van der Waals surface area contributed by atoms with Gasteiger partial charge in [-0.05, 0) is 27.7 Å². The van der Waals surface area contributed by atoms with Crippen LogP contribution < -0.4 is 0 Å². The normalized spacial score (nSPS) is 13.3. The first-order valence-corrected chi connectivity index (χ1v) is 4.08. The molecule has 0 aliphatic heterocycles. The van der Waals surface area contributed by atoms with Crippen molar-refractivity contribution in [3.63, 3.8) is 0 Å². The summed E-state index contributed by atoms with van der Waals surface area (Å²) in [6.07, 6.45) is -0.836. The van der Waals surface area contributed by atoms with Gasteiger partial charge in [0.05, 0.1) is 12.5 Å². The fourth-order valence-corrected chi connectivity index (χ4v) is 0.551. The molecular formula is C9H16O4. The van der Waals surface area contributed by atoms with E-state index in [2.05, 4.69) is 4.74 Å². The highest BCUT2D eigenvalue weighted by Gasteiger charge is 2.27. The number of carbonyl (C=O) groups excluding carboxylic acids is 2. The molecule has 0 aromatic heterocycles. The molecule has 0 rings (SSSR count). The van der Waals surface area contributed by atoms with Crippen molar-refractivity contribution < 1.29 is 19.1 Å². The second kappa shape index (κ2) is 4.25. The molecule has 0 heterocycles. The second-order valence-corrected chi connectivity index (χ2v) is 3.82. The SMILES string of the molecule is COC(=O)C(C)OC(=O)C(C)(C)C. The van der Waals surface area contributed by atoms with Crippen LogP contribution in [0.1, 0.15) is 27.7 Å². The summed E-state index contributed by atoms with van der Waals surface area (Å²) >= 11 is 0. The predicted molar refractivity (Wildman–Crippen MR) is 47.0 cm³/mol. The van der Waals surface area contributed by atoms with E-state index in [1.54, 1.807) is 20.8 Å². The molecule has 0 bridgehead atoms. The first kappa shape index (κ1) is 11.9. The van der Waals surface area contributed by atoms with Gasteiger partial charge >= 0.3 is 11.9 Å². The van der Waals surface area contributed by atoms with E-state index in [-0.39, 0.29) is 0 Å². The average molecular weight is 188 g/mol. The lowest BCUT2D eigenvalue weighted by molar-refractivity contribution is -0.170. The van der Waals surface area contributed by atoms with Crippen LogP contribution in [0.2, 0.25) is 0 Å². The third-order valence-corrected chi connectivity index (χ3v) is 1.43. The van der Waals surface area contributed by atoms with Crippen LogP contribution >= 0.6 is 0 Å². The van der Waals surface area contributed by atoms with Gasteiger partial charge in [0.15, 0.2) is 6.10 Å². The lowest BCUT2D eigenvalue weighted by Gasteiger charge is -2.19. The minimum Gasteiger partial charge on any atom is -0.466 e. The smallest absolute Gasteiger partial charge is 0.346 e. The lowest BCUT2D eigenvalue weighted by Crippen LogP contribution is -2.31. The molecule has 0 saturated heterocycles. The van der Waals surface area contributed by atoms with Crippen LogP contribution in [0, 0.1) is 5.41 Å². The molecule has 0 aliphatic carbocycles. The average Bonchev–Trinajstić information content (AvgIpc) is 2.01. The van der Waals surface area contributed by atoms with Crippen LogP contribution in [-0.4, -0.2) is 25.2 Å². The third kappa shape index (κ3) is 3.92. The van der Waals surface area contributed by atoms with Crippen molar-refractivity contribution in [3.8, 4) is 0 Å². The van der Waals surface area contributed by atoms with Crippen LogP contribution in [-0.2, 0) is 19.1 Å². The number of hydrogen-bond donors (Lipinski definition) is 0. The second-order valence-electron chi connectivity index (χ2n) is 3.82. The Labute approximate surface area is 78.2 Å². The Kier molecular flexibility index (Phi) is 3.91. The molecular weight excluding hydrogens is 172 g/mol. The molecule has 0 spiro atoms. The highest BCUT2D eigenvalue weighted by molar-refractivity contribution is 5.81. The minimum absolute atomic E-state index is 0.412. The zero-order valence-electron chi connectivity index (χ0n) is 8.71. The number of rotatable bonds is 2. The highest BCUT2D eigenvalue weighted by atomic mass is 16.6. The van der Waals surface area contributed by atoms with Gasteiger partial charge in [0.2, 0.25) is 0 Å². The molecule has 0 aliphatic rings. The van der Waals surface area contributed by atoms with E-state index >= 15 is 0 Å². The van der Waals surface area contributed by atoms with Crippen molar-refractivity contribution in [1.29, 1.82) is 0 Å². The Morgan fingerprint density at radius 3 is 2.00 bits per heavy atom. The Hall–Kier alpha value is -1.06. The summed E-state index contributed by atoms with van der Waals surface area (Å²) in [6, 6.07) is 0. The Morgan fingerprint density at radius 2 is 1.69 bits per heavy atom. The van der Waals surface area contributed by atoms with E-state index in [4.69, 9.17) is 4.74 Å². The van der Waals surface area contributed by atoms with Gasteiger partial charge in [0.1, 0.15) is 0 Å². The summed E-state index contributed by atoms with van der Waals surface area (Å²) in [6.45, 7) is 6.65. The van der Waals surface area contributed by atoms with E-state index in [9.17, 15) is 9.59 Å². The van der Waals surface area contributed by atoms with E-state index in [1.807, 2.05) is 0 Å². The van der Waals surface area contributed by atoms with Crippen molar-refractivity contribution in [2.75, 3.05) is 7.11 Å². The number of esters is 2. The minimum atomic E-state index is -0.836. The van der Waals surface area contributed by atoms with Gasteiger partial charge in [-0.2, -0.15) is 0 Å². The molecule has 1 unspecified atom stereocenters. The fourth-order valence-electron chi connectivity index (χ4n) is 0.551. The van der Waals surface area contributed by atoms with Crippen molar-refractivity contribution in [2.24, 2.45) is 5.41 Å². The third-order valence-electron chi connectivity index (χ3n) is 1.43. The van der Waals surface area contributed by atoms with Gasteiger partial charge in [-0.25, -0.2) is 4.79 Å². The van der Waals surface area contributed by atoms with Crippen LogP contribution in [0.25, 0.3) is 0 Å². The molecule has 76 valence electrons. The van der Waals surface area contributed by atoms with Gasteiger partial charge in [0.25, 0.3) is 0 Å². The van der Waals surface area contributed by atoms with E-state index < -0.39 is 23.5 Å². The molecule has 0 aromatic carbocycles. The Bertz CT molecular complexity index is 202. The van der Waals surface area contributed by atoms with Crippen molar-refractivity contribution in [1.82, 2.24) is 0 Å². The topological polar surface area (TPSA) is 52.6 Å². The summed E-state index contributed by atoms with van der Waals surface area (Å²) in [5, 5.41) is 0.